The first kappa shape index (κ1) is 17.3. The topological polar surface area (TPSA) is 60.5 Å². The first-order valence-electron chi connectivity index (χ1n) is 9.07. The van der Waals surface area contributed by atoms with E-state index in [-0.39, 0.29) is 5.91 Å². The third-order valence-electron chi connectivity index (χ3n) is 5.13. The van der Waals surface area contributed by atoms with Gasteiger partial charge in [-0.05, 0) is 49.4 Å². The quantitative estimate of drug-likeness (QED) is 0.752. The van der Waals surface area contributed by atoms with Crippen molar-refractivity contribution in [1.29, 1.82) is 0 Å². The summed E-state index contributed by atoms with van der Waals surface area (Å²) >= 11 is 0. The van der Waals surface area contributed by atoms with Gasteiger partial charge >= 0.3 is 0 Å². The van der Waals surface area contributed by atoms with E-state index in [1.54, 1.807) is 20.3 Å². The van der Waals surface area contributed by atoms with Crippen molar-refractivity contribution in [3.63, 3.8) is 0 Å². The van der Waals surface area contributed by atoms with E-state index in [4.69, 9.17) is 14.5 Å². The van der Waals surface area contributed by atoms with Crippen molar-refractivity contribution >= 4 is 22.5 Å². The minimum atomic E-state index is -0.109. The smallest absolute Gasteiger partial charge is 0.256 e. The maximum absolute atomic E-state index is 13.3. The Bertz CT molecular complexity index is 1040. The van der Waals surface area contributed by atoms with Gasteiger partial charge in [0.2, 0.25) is 0 Å². The largest absolute Gasteiger partial charge is 0.493 e. The number of aryl methyl sites for hydroxylation is 2. The predicted octanol–water partition coefficient (Wildman–Crippen LogP) is 4.30. The molecule has 5 heteroatoms. The Morgan fingerprint density at radius 3 is 2.59 bits per heavy atom. The van der Waals surface area contributed by atoms with Crippen molar-refractivity contribution < 1.29 is 14.3 Å². The number of fused-ring (bicyclic) bond motifs is 2. The average Bonchev–Trinajstić information content (AvgIpc) is 3.14. The molecule has 0 saturated carbocycles. The fourth-order valence-corrected chi connectivity index (χ4v) is 3.77. The molecule has 0 aliphatic heterocycles. The number of hydrogen-bond donors (Lipinski definition) is 1. The second-order valence-corrected chi connectivity index (χ2v) is 6.76. The summed E-state index contributed by atoms with van der Waals surface area (Å²) in [5.41, 5.74) is 5.35. The average molecular weight is 362 g/mol. The van der Waals surface area contributed by atoms with Gasteiger partial charge in [0.05, 0.1) is 25.3 Å². The van der Waals surface area contributed by atoms with Crippen LogP contribution in [0.25, 0.3) is 10.9 Å². The molecule has 1 N–H and O–H groups in total. The minimum Gasteiger partial charge on any atom is -0.493 e. The van der Waals surface area contributed by atoms with Gasteiger partial charge in [-0.2, -0.15) is 0 Å². The number of anilines is 1. The molecule has 4 rings (SSSR count). The Hall–Kier alpha value is -3.08. The van der Waals surface area contributed by atoms with Crippen LogP contribution in [0.5, 0.6) is 11.5 Å². The monoisotopic (exact) mass is 362 g/mol. The van der Waals surface area contributed by atoms with Crippen LogP contribution in [0, 0.1) is 6.92 Å². The molecule has 1 heterocycles. The van der Waals surface area contributed by atoms with Gasteiger partial charge in [-0.15, -0.1) is 0 Å². The van der Waals surface area contributed by atoms with Crippen molar-refractivity contribution in [3.8, 4) is 11.5 Å². The Labute approximate surface area is 158 Å². The maximum atomic E-state index is 13.3. The second-order valence-electron chi connectivity index (χ2n) is 6.76. The molecule has 0 atom stereocenters. The van der Waals surface area contributed by atoms with Crippen LogP contribution in [-0.2, 0) is 12.8 Å². The fraction of sp³-hybridized carbons (Fsp3) is 0.273. The third-order valence-corrected chi connectivity index (χ3v) is 5.13. The van der Waals surface area contributed by atoms with Gasteiger partial charge in [0.25, 0.3) is 5.91 Å². The van der Waals surface area contributed by atoms with Crippen LogP contribution in [-0.4, -0.2) is 25.1 Å². The molecule has 0 fully saturated rings. The number of amides is 1. The summed E-state index contributed by atoms with van der Waals surface area (Å²) < 4.78 is 10.7. The number of aromatic nitrogens is 1. The van der Waals surface area contributed by atoms with Crippen LogP contribution in [0.4, 0.5) is 5.69 Å². The molecule has 0 radical (unpaired) electrons. The summed E-state index contributed by atoms with van der Waals surface area (Å²) in [7, 11) is 3.18. The number of nitrogens with zero attached hydrogens (tertiary/aromatic N) is 1. The number of para-hydroxylation sites is 1. The highest BCUT2D eigenvalue weighted by Gasteiger charge is 2.24. The van der Waals surface area contributed by atoms with E-state index in [9.17, 15) is 4.79 Å². The highest BCUT2D eigenvalue weighted by Crippen LogP contribution is 2.34. The number of benzene rings is 2. The molecule has 3 aromatic rings. The number of rotatable bonds is 4. The van der Waals surface area contributed by atoms with E-state index in [0.29, 0.717) is 17.2 Å². The lowest BCUT2D eigenvalue weighted by molar-refractivity contribution is 0.102. The normalized spacial score (nSPS) is 12.7. The SMILES string of the molecule is COc1cc(C)c(NC(=O)c2c3c(nc4ccccc24)CCC3)cc1OC. The second kappa shape index (κ2) is 6.91. The molecule has 1 amide bonds. The van der Waals surface area contributed by atoms with E-state index in [1.165, 1.54) is 0 Å². The first-order valence-corrected chi connectivity index (χ1v) is 9.07. The first-order chi connectivity index (χ1) is 13.1. The van der Waals surface area contributed by atoms with Crippen LogP contribution in [0.3, 0.4) is 0 Å². The van der Waals surface area contributed by atoms with Gasteiger partial charge in [-0.25, -0.2) is 0 Å². The summed E-state index contributed by atoms with van der Waals surface area (Å²) in [6.45, 7) is 1.94. The van der Waals surface area contributed by atoms with Gasteiger partial charge in [-0.1, -0.05) is 18.2 Å². The molecule has 0 saturated heterocycles. The van der Waals surface area contributed by atoms with Crippen molar-refractivity contribution in [2.24, 2.45) is 0 Å². The van der Waals surface area contributed by atoms with Crippen molar-refractivity contribution in [1.82, 2.24) is 4.98 Å². The van der Waals surface area contributed by atoms with Crippen molar-refractivity contribution in [2.45, 2.75) is 26.2 Å². The highest BCUT2D eigenvalue weighted by molar-refractivity contribution is 6.14. The van der Waals surface area contributed by atoms with E-state index in [2.05, 4.69) is 5.32 Å². The number of hydrogen-bond acceptors (Lipinski definition) is 4. The number of nitrogens with one attached hydrogen (secondary N) is 1. The number of carbonyl (C=O) groups excluding carboxylic acids is 1. The van der Waals surface area contributed by atoms with Gasteiger partial charge < -0.3 is 14.8 Å². The molecule has 27 heavy (non-hydrogen) atoms. The van der Waals surface area contributed by atoms with Crippen LogP contribution in [0.1, 0.15) is 33.6 Å². The maximum Gasteiger partial charge on any atom is 0.256 e. The van der Waals surface area contributed by atoms with E-state index in [0.717, 1.165) is 52.5 Å². The molecule has 2 aromatic carbocycles. The standard InChI is InChI=1S/C22H22N2O3/c1-13-11-19(26-2)20(27-3)12-18(13)24-22(25)21-14-7-4-5-9-16(14)23-17-10-6-8-15(17)21/h4-5,7,9,11-12H,6,8,10H2,1-3H3,(H,24,25). The summed E-state index contributed by atoms with van der Waals surface area (Å²) in [5, 5.41) is 3.97. The Kier molecular flexibility index (Phi) is 4.44. The number of pyridine rings is 1. The molecular formula is C22H22N2O3. The molecule has 1 aliphatic rings. The summed E-state index contributed by atoms with van der Waals surface area (Å²) in [5.74, 6) is 1.12. The molecule has 0 bridgehead atoms. The van der Waals surface area contributed by atoms with E-state index in [1.807, 2.05) is 37.3 Å². The van der Waals surface area contributed by atoms with Crippen LogP contribution in [0.2, 0.25) is 0 Å². The van der Waals surface area contributed by atoms with Gasteiger partial charge in [0.15, 0.2) is 11.5 Å². The molecular weight excluding hydrogens is 340 g/mol. The molecule has 0 unspecified atom stereocenters. The lowest BCUT2D eigenvalue weighted by Gasteiger charge is -2.16. The lowest BCUT2D eigenvalue weighted by atomic mass is 10.00. The van der Waals surface area contributed by atoms with Gasteiger partial charge in [0.1, 0.15) is 0 Å². The van der Waals surface area contributed by atoms with Crippen molar-refractivity contribution in [3.05, 3.63) is 58.8 Å². The molecule has 0 spiro atoms. The number of carbonyl (C=O) groups is 1. The van der Waals surface area contributed by atoms with Gasteiger partial charge in [-0.3, -0.25) is 9.78 Å². The van der Waals surface area contributed by atoms with Crippen LogP contribution >= 0.6 is 0 Å². The molecule has 1 aromatic heterocycles. The fourth-order valence-electron chi connectivity index (χ4n) is 3.77. The van der Waals surface area contributed by atoms with E-state index < -0.39 is 0 Å². The predicted molar refractivity (Wildman–Crippen MR) is 106 cm³/mol. The molecule has 1 aliphatic carbocycles. The minimum absolute atomic E-state index is 0.109. The Morgan fingerprint density at radius 1 is 1.07 bits per heavy atom. The van der Waals surface area contributed by atoms with Gasteiger partial charge in [0, 0.05) is 22.8 Å². The molecule has 5 nitrogen and oxygen atoms in total. The van der Waals surface area contributed by atoms with Crippen LogP contribution in [0.15, 0.2) is 36.4 Å². The third kappa shape index (κ3) is 2.99. The summed E-state index contributed by atoms with van der Waals surface area (Å²) in [6, 6.07) is 11.5. The Balaban J connectivity index is 1.79. The number of ether oxygens (including phenoxy) is 2. The summed E-state index contributed by atoms with van der Waals surface area (Å²) in [4.78, 5) is 18.0. The zero-order valence-corrected chi connectivity index (χ0v) is 15.8. The highest BCUT2D eigenvalue weighted by atomic mass is 16.5. The lowest BCUT2D eigenvalue weighted by Crippen LogP contribution is -2.16. The summed E-state index contributed by atoms with van der Waals surface area (Å²) in [6.07, 6.45) is 2.85. The van der Waals surface area contributed by atoms with Crippen molar-refractivity contribution in [2.75, 3.05) is 19.5 Å². The van der Waals surface area contributed by atoms with Crippen LogP contribution < -0.4 is 14.8 Å². The Morgan fingerprint density at radius 2 is 1.81 bits per heavy atom. The zero-order chi connectivity index (χ0) is 19.0. The molecule has 138 valence electrons. The number of methoxy groups -OCH3 is 2. The zero-order valence-electron chi connectivity index (χ0n) is 15.8. The van der Waals surface area contributed by atoms with E-state index >= 15 is 0 Å².